The zero-order valence-electron chi connectivity index (χ0n) is 14.4. The van der Waals surface area contributed by atoms with Gasteiger partial charge in [-0.3, -0.25) is 9.59 Å². The third-order valence-electron chi connectivity index (χ3n) is 4.55. The Morgan fingerprint density at radius 1 is 0.864 bits per heavy atom. The van der Waals surface area contributed by atoms with Crippen LogP contribution >= 0.6 is 0 Å². The van der Waals surface area contributed by atoms with Crippen LogP contribution in [0.15, 0.2) is 47.6 Å². The number of rotatable bonds is 2. The molecule has 2 aliphatic carbocycles. The fraction of sp³-hybridized carbons (Fsp3) is 0.500. The lowest BCUT2D eigenvalue weighted by Crippen LogP contribution is -2.14. The zero-order valence-corrected chi connectivity index (χ0v) is 14.4. The summed E-state index contributed by atoms with van der Waals surface area (Å²) in [7, 11) is 0. The minimum atomic E-state index is 0.282. The van der Waals surface area contributed by atoms with Crippen molar-refractivity contribution in [2.24, 2.45) is 11.8 Å². The van der Waals surface area contributed by atoms with E-state index in [0.717, 1.165) is 35.1 Å². The minimum absolute atomic E-state index is 0.282. The second-order valence-corrected chi connectivity index (χ2v) is 6.59. The predicted molar refractivity (Wildman–Crippen MR) is 92.6 cm³/mol. The van der Waals surface area contributed by atoms with Gasteiger partial charge < -0.3 is 0 Å². The number of Topliss-reactive ketones (excluding diaryl/α,β-unsaturated/α-hetero) is 2. The van der Waals surface area contributed by atoms with Gasteiger partial charge in [0.25, 0.3) is 0 Å². The maximum Gasteiger partial charge on any atom is 0.158 e. The molecule has 2 heteroatoms. The van der Waals surface area contributed by atoms with Crippen molar-refractivity contribution in [2.75, 3.05) is 0 Å². The van der Waals surface area contributed by atoms with Crippen LogP contribution in [0.2, 0.25) is 0 Å². The van der Waals surface area contributed by atoms with Crippen LogP contribution in [0.5, 0.6) is 0 Å². The second-order valence-electron chi connectivity index (χ2n) is 6.59. The molecule has 0 aromatic rings. The van der Waals surface area contributed by atoms with Gasteiger partial charge in [-0.15, -0.1) is 0 Å². The van der Waals surface area contributed by atoms with Crippen LogP contribution in [0.3, 0.4) is 0 Å². The van der Waals surface area contributed by atoms with Crippen molar-refractivity contribution < 1.29 is 9.59 Å². The monoisotopic (exact) mass is 300 g/mol. The largest absolute Gasteiger partial charge is 0.295 e. The normalized spacial score (nSPS) is 24.7. The van der Waals surface area contributed by atoms with Crippen molar-refractivity contribution in [1.29, 1.82) is 0 Å². The van der Waals surface area contributed by atoms with E-state index in [0.29, 0.717) is 24.7 Å². The molecule has 1 unspecified atom stereocenters. The average Bonchev–Trinajstić information content (AvgIpc) is 2.45. The molecule has 2 nitrogen and oxygen atoms in total. The van der Waals surface area contributed by atoms with Gasteiger partial charge in [0.05, 0.1) is 0 Å². The van der Waals surface area contributed by atoms with Crippen molar-refractivity contribution in [2.45, 2.75) is 53.4 Å². The number of carbonyl (C=O) groups excluding carboxylic acids is 2. The highest BCUT2D eigenvalue weighted by molar-refractivity contribution is 5.96. The first-order chi connectivity index (χ1) is 10.2. The molecule has 0 spiro atoms. The van der Waals surface area contributed by atoms with Crippen LogP contribution in [0.1, 0.15) is 53.4 Å². The highest BCUT2D eigenvalue weighted by Gasteiger charge is 2.19. The lowest BCUT2D eigenvalue weighted by atomic mass is 9.85. The molecule has 0 saturated heterocycles. The molecule has 0 N–H and O–H groups in total. The number of ketones is 2. The van der Waals surface area contributed by atoms with Crippen LogP contribution in [0, 0.1) is 11.8 Å². The summed E-state index contributed by atoms with van der Waals surface area (Å²) < 4.78 is 0. The maximum atomic E-state index is 11.2. The van der Waals surface area contributed by atoms with Gasteiger partial charge in [-0.2, -0.15) is 0 Å². The fourth-order valence-electron chi connectivity index (χ4n) is 2.55. The second kappa shape index (κ2) is 8.07. The molecule has 2 atom stereocenters. The highest BCUT2D eigenvalue weighted by Crippen LogP contribution is 2.26. The highest BCUT2D eigenvalue weighted by atomic mass is 16.1. The van der Waals surface area contributed by atoms with Gasteiger partial charge in [-0.05, 0) is 63.5 Å². The molecule has 22 heavy (non-hydrogen) atoms. The molecular formula is C20H28O2. The first-order valence-corrected chi connectivity index (χ1v) is 7.93. The molecule has 2 aliphatic rings. The SMILES string of the molecule is C=C(C)C1CC=C(C)C(=O)C1.C=C(C)[C@@H]1CC=C(C)C(=O)C1. The van der Waals surface area contributed by atoms with E-state index in [-0.39, 0.29) is 11.6 Å². The first-order valence-electron chi connectivity index (χ1n) is 7.93. The molecule has 0 heterocycles. The Labute approximate surface area is 134 Å². The fourth-order valence-corrected chi connectivity index (χ4v) is 2.55. The molecule has 0 aromatic carbocycles. The van der Waals surface area contributed by atoms with Crippen LogP contribution in [-0.2, 0) is 9.59 Å². The molecule has 2 rings (SSSR count). The standard InChI is InChI=1S/2C10H14O/c2*1-7(2)9-5-4-8(3)10(11)6-9/h2*4,9H,1,5-6H2,2-3H3/t9-;/m1./s1. The van der Waals surface area contributed by atoms with E-state index in [2.05, 4.69) is 13.2 Å². The lowest BCUT2D eigenvalue weighted by Gasteiger charge is -2.18. The summed E-state index contributed by atoms with van der Waals surface area (Å²) in [5.41, 5.74) is 4.09. The summed E-state index contributed by atoms with van der Waals surface area (Å²) in [5, 5.41) is 0. The molecule has 120 valence electrons. The number of hydrogen-bond acceptors (Lipinski definition) is 2. The Kier molecular flexibility index (Phi) is 6.73. The van der Waals surface area contributed by atoms with Crippen molar-refractivity contribution >= 4 is 11.6 Å². The Balaban J connectivity index is 0.000000220. The smallest absolute Gasteiger partial charge is 0.158 e. The van der Waals surface area contributed by atoms with Crippen molar-refractivity contribution in [1.82, 2.24) is 0 Å². The Morgan fingerprint density at radius 3 is 1.41 bits per heavy atom. The summed E-state index contributed by atoms with van der Waals surface area (Å²) in [6, 6.07) is 0. The van der Waals surface area contributed by atoms with E-state index in [1.807, 2.05) is 39.8 Å². The van der Waals surface area contributed by atoms with E-state index in [1.165, 1.54) is 0 Å². The van der Waals surface area contributed by atoms with Crippen LogP contribution in [0.4, 0.5) is 0 Å². The molecule has 0 radical (unpaired) electrons. The summed E-state index contributed by atoms with van der Waals surface area (Å²) in [6.45, 7) is 15.5. The Hall–Kier alpha value is -1.70. The van der Waals surface area contributed by atoms with Gasteiger partial charge in [-0.1, -0.05) is 36.5 Å². The number of carbonyl (C=O) groups is 2. The van der Waals surface area contributed by atoms with Crippen LogP contribution in [0.25, 0.3) is 0 Å². The Bertz CT molecular complexity index is 496. The van der Waals surface area contributed by atoms with Crippen molar-refractivity contribution in [3.05, 3.63) is 47.6 Å². The summed E-state index contributed by atoms with van der Waals surface area (Å²) >= 11 is 0. The molecule has 0 bridgehead atoms. The number of hydrogen-bond donors (Lipinski definition) is 0. The molecule has 0 amide bonds. The summed E-state index contributed by atoms with van der Waals surface area (Å²) in [4.78, 5) is 22.4. The number of allylic oxidation sites excluding steroid dienone is 6. The molecule has 0 aliphatic heterocycles. The van der Waals surface area contributed by atoms with Crippen molar-refractivity contribution in [3.8, 4) is 0 Å². The average molecular weight is 300 g/mol. The molecule has 0 aromatic heterocycles. The van der Waals surface area contributed by atoms with Gasteiger partial charge in [0, 0.05) is 12.8 Å². The van der Waals surface area contributed by atoms with E-state index in [1.54, 1.807) is 0 Å². The Morgan fingerprint density at radius 2 is 1.18 bits per heavy atom. The summed E-state index contributed by atoms with van der Waals surface area (Å²) in [5.74, 6) is 1.35. The van der Waals surface area contributed by atoms with Crippen LogP contribution in [-0.4, -0.2) is 11.6 Å². The molecule has 0 saturated carbocycles. The molecular weight excluding hydrogens is 272 g/mol. The van der Waals surface area contributed by atoms with Gasteiger partial charge in [-0.25, -0.2) is 0 Å². The predicted octanol–water partition coefficient (Wildman–Crippen LogP) is 4.98. The quantitative estimate of drug-likeness (QED) is 0.674. The van der Waals surface area contributed by atoms with E-state index in [9.17, 15) is 9.59 Å². The van der Waals surface area contributed by atoms with Crippen LogP contribution < -0.4 is 0 Å². The topological polar surface area (TPSA) is 34.1 Å². The summed E-state index contributed by atoms with van der Waals surface area (Å²) in [6.07, 6.45) is 7.35. The van der Waals surface area contributed by atoms with E-state index in [4.69, 9.17) is 0 Å². The van der Waals surface area contributed by atoms with E-state index < -0.39 is 0 Å². The minimum Gasteiger partial charge on any atom is -0.295 e. The zero-order chi connectivity index (χ0) is 16.9. The first kappa shape index (κ1) is 18.3. The lowest BCUT2D eigenvalue weighted by molar-refractivity contribution is -0.117. The van der Waals surface area contributed by atoms with Gasteiger partial charge >= 0.3 is 0 Å². The van der Waals surface area contributed by atoms with E-state index >= 15 is 0 Å². The van der Waals surface area contributed by atoms with Gasteiger partial charge in [0.15, 0.2) is 11.6 Å². The van der Waals surface area contributed by atoms with Gasteiger partial charge in [0.2, 0.25) is 0 Å². The molecule has 0 fully saturated rings. The van der Waals surface area contributed by atoms with Gasteiger partial charge in [0.1, 0.15) is 0 Å². The maximum absolute atomic E-state index is 11.2. The third kappa shape index (κ3) is 5.25. The third-order valence-corrected chi connectivity index (χ3v) is 4.55. The van der Waals surface area contributed by atoms with Crippen molar-refractivity contribution in [3.63, 3.8) is 0 Å².